The van der Waals surface area contributed by atoms with E-state index in [4.69, 9.17) is 5.84 Å². The van der Waals surface area contributed by atoms with Gasteiger partial charge in [0, 0.05) is 11.0 Å². The van der Waals surface area contributed by atoms with E-state index in [1.165, 1.54) is 5.56 Å². The van der Waals surface area contributed by atoms with Crippen LogP contribution in [0.5, 0.6) is 0 Å². The molecule has 102 valence electrons. The third-order valence-electron chi connectivity index (χ3n) is 3.11. The van der Waals surface area contributed by atoms with Gasteiger partial charge in [0.1, 0.15) is 0 Å². The zero-order valence-corrected chi connectivity index (χ0v) is 14.0. The van der Waals surface area contributed by atoms with E-state index in [1.54, 1.807) is 6.20 Å². The fourth-order valence-corrected chi connectivity index (χ4v) is 3.14. The van der Waals surface area contributed by atoms with Gasteiger partial charge in [0.15, 0.2) is 0 Å². The molecule has 0 aliphatic heterocycles. The predicted octanol–water partition coefficient (Wildman–Crippen LogP) is 3.29. The van der Waals surface area contributed by atoms with Gasteiger partial charge in [-0.1, -0.05) is 34.1 Å². The predicted molar refractivity (Wildman–Crippen MR) is 83.6 cm³/mol. The second kappa shape index (κ2) is 6.17. The summed E-state index contributed by atoms with van der Waals surface area (Å²) in [5, 5.41) is 4.34. The minimum Gasteiger partial charge on any atom is -0.271 e. The summed E-state index contributed by atoms with van der Waals surface area (Å²) in [5.41, 5.74) is 6.18. The summed E-state index contributed by atoms with van der Waals surface area (Å²) in [6, 6.07) is 6.03. The molecule has 0 spiro atoms. The van der Waals surface area contributed by atoms with Crippen molar-refractivity contribution in [2.75, 3.05) is 0 Å². The number of nitrogens with zero attached hydrogens (tertiary/aromatic N) is 2. The lowest BCUT2D eigenvalue weighted by atomic mass is 10.0. The largest absolute Gasteiger partial charge is 0.271 e. The number of hydrogen-bond acceptors (Lipinski definition) is 3. The Bertz CT molecular complexity index is 580. The van der Waals surface area contributed by atoms with Crippen molar-refractivity contribution in [3.05, 3.63) is 50.2 Å². The summed E-state index contributed by atoms with van der Waals surface area (Å²) in [7, 11) is 0. The Kier molecular flexibility index (Phi) is 4.78. The Labute approximate surface area is 129 Å². The first-order valence-electron chi connectivity index (χ1n) is 6.02. The fraction of sp³-hybridized carbons (Fsp3) is 0.308. The first-order chi connectivity index (χ1) is 9.10. The molecule has 0 radical (unpaired) electrons. The molecule has 6 heteroatoms. The van der Waals surface area contributed by atoms with Gasteiger partial charge in [0.2, 0.25) is 0 Å². The molecule has 19 heavy (non-hydrogen) atoms. The first-order valence-corrected chi connectivity index (χ1v) is 7.61. The van der Waals surface area contributed by atoms with E-state index in [0.29, 0.717) is 0 Å². The van der Waals surface area contributed by atoms with E-state index in [9.17, 15) is 0 Å². The van der Waals surface area contributed by atoms with E-state index in [-0.39, 0.29) is 6.04 Å². The van der Waals surface area contributed by atoms with Gasteiger partial charge < -0.3 is 0 Å². The number of aryl methyl sites for hydroxylation is 2. The molecule has 0 fully saturated rings. The maximum Gasteiger partial charge on any atom is 0.0900 e. The standard InChI is InChI=1S/C13H16Br2N4/c1-3-19-13(10(14)7-17-19)12(18-16)9-6-4-5-8(2)11(9)15/h4-7,12,18H,3,16H2,1-2H3. The number of hydrazine groups is 1. The highest BCUT2D eigenvalue weighted by Crippen LogP contribution is 2.33. The van der Waals surface area contributed by atoms with Crippen LogP contribution in [0.25, 0.3) is 0 Å². The van der Waals surface area contributed by atoms with Crippen LogP contribution < -0.4 is 11.3 Å². The number of aromatic nitrogens is 2. The van der Waals surface area contributed by atoms with E-state index in [2.05, 4.69) is 68.4 Å². The number of nitrogens with one attached hydrogen (secondary N) is 1. The lowest BCUT2D eigenvalue weighted by Crippen LogP contribution is -2.31. The Morgan fingerprint density at radius 2 is 2.16 bits per heavy atom. The van der Waals surface area contributed by atoms with Crippen molar-refractivity contribution in [3.8, 4) is 0 Å². The topological polar surface area (TPSA) is 55.9 Å². The average molecular weight is 388 g/mol. The molecule has 0 saturated carbocycles. The summed E-state index contributed by atoms with van der Waals surface area (Å²) in [6.45, 7) is 4.91. The summed E-state index contributed by atoms with van der Waals surface area (Å²) in [5.74, 6) is 5.77. The Morgan fingerprint density at radius 3 is 2.79 bits per heavy atom. The summed E-state index contributed by atoms with van der Waals surface area (Å²) >= 11 is 7.18. The molecule has 1 heterocycles. The van der Waals surface area contributed by atoms with Crippen LogP contribution in [0, 0.1) is 6.92 Å². The van der Waals surface area contributed by atoms with Crippen molar-refractivity contribution in [2.45, 2.75) is 26.4 Å². The zero-order valence-electron chi connectivity index (χ0n) is 10.8. The zero-order chi connectivity index (χ0) is 14.0. The number of rotatable bonds is 4. The third kappa shape index (κ3) is 2.76. The van der Waals surface area contributed by atoms with Crippen LogP contribution in [-0.2, 0) is 6.54 Å². The van der Waals surface area contributed by atoms with Gasteiger partial charge in [-0.05, 0) is 40.9 Å². The molecule has 2 aromatic rings. The highest BCUT2D eigenvalue weighted by atomic mass is 79.9. The Balaban J connectivity index is 2.56. The van der Waals surface area contributed by atoms with E-state index in [1.807, 2.05) is 10.7 Å². The first kappa shape index (κ1) is 14.7. The van der Waals surface area contributed by atoms with Gasteiger partial charge in [-0.2, -0.15) is 5.10 Å². The summed E-state index contributed by atoms with van der Waals surface area (Å²) in [6.07, 6.45) is 1.80. The fourth-order valence-electron chi connectivity index (χ4n) is 2.12. The summed E-state index contributed by atoms with van der Waals surface area (Å²) < 4.78 is 3.95. The maximum absolute atomic E-state index is 5.77. The monoisotopic (exact) mass is 386 g/mol. The van der Waals surface area contributed by atoms with E-state index >= 15 is 0 Å². The highest BCUT2D eigenvalue weighted by molar-refractivity contribution is 9.10. The molecule has 0 bridgehead atoms. The number of benzene rings is 1. The van der Waals surface area contributed by atoms with Crippen LogP contribution >= 0.6 is 31.9 Å². The molecule has 1 aromatic heterocycles. The molecule has 4 nitrogen and oxygen atoms in total. The lowest BCUT2D eigenvalue weighted by molar-refractivity contribution is 0.540. The van der Waals surface area contributed by atoms with E-state index in [0.717, 1.165) is 26.7 Å². The van der Waals surface area contributed by atoms with Crippen molar-refractivity contribution in [1.29, 1.82) is 0 Å². The van der Waals surface area contributed by atoms with Crippen molar-refractivity contribution >= 4 is 31.9 Å². The smallest absolute Gasteiger partial charge is 0.0900 e. The molecule has 0 amide bonds. The Hall–Kier alpha value is -0.690. The van der Waals surface area contributed by atoms with Gasteiger partial charge in [-0.15, -0.1) is 0 Å². The van der Waals surface area contributed by atoms with Crippen molar-refractivity contribution < 1.29 is 0 Å². The molecule has 0 aliphatic carbocycles. The minimum atomic E-state index is -0.119. The quantitative estimate of drug-likeness (QED) is 0.625. The molecule has 2 rings (SSSR count). The van der Waals surface area contributed by atoms with Crippen LogP contribution in [0.15, 0.2) is 33.3 Å². The van der Waals surface area contributed by atoms with Crippen molar-refractivity contribution in [2.24, 2.45) is 5.84 Å². The van der Waals surface area contributed by atoms with Crippen LogP contribution in [0.3, 0.4) is 0 Å². The molecular weight excluding hydrogens is 372 g/mol. The van der Waals surface area contributed by atoms with Crippen LogP contribution in [-0.4, -0.2) is 9.78 Å². The van der Waals surface area contributed by atoms with Gasteiger partial charge in [-0.25, -0.2) is 5.43 Å². The lowest BCUT2D eigenvalue weighted by Gasteiger charge is -2.20. The van der Waals surface area contributed by atoms with Gasteiger partial charge in [0.25, 0.3) is 0 Å². The average Bonchev–Trinajstić information content (AvgIpc) is 2.77. The number of nitrogens with two attached hydrogens (primary N) is 1. The number of hydrogen-bond donors (Lipinski definition) is 2. The molecular formula is C13H16Br2N4. The molecule has 1 aromatic carbocycles. The van der Waals surface area contributed by atoms with Crippen LogP contribution in [0.1, 0.15) is 29.8 Å². The minimum absolute atomic E-state index is 0.119. The maximum atomic E-state index is 5.77. The highest BCUT2D eigenvalue weighted by Gasteiger charge is 2.22. The second-order valence-corrected chi connectivity index (χ2v) is 5.92. The van der Waals surface area contributed by atoms with Crippen molar-refractivity contribution in [1.82, 2.24) is 15.2 Å². The van der Waals surface area contributed by atoms with Gasteiger partial charge in [-0.3, -0.25) is 10.5 Å². The molecule has 0 aliphatic rings. The molecule has 1 atom stereocenters. The Morgan fingerprint density at radius 1 is 1.42 bits per heavy atom. The SMILES string of the molecule is CCn1ncc(Br)c1C(NN)c1cccc(C)c1Br. The van der Waals surface area contributed by atoms with Crippen LogP contribution in [0.4, 0.5) is 0 Å². The summed E-state index contributed by atoms with van der Waals surface area (Å²) in [4.78, 5) is 0. The van der Waals surface area contributed by atoms with E-state index < -0.39 is 0 Å². The molecule has 3 N–H and O–H groups in total. The molecule has 1 unspecified atom stereocenters. The third-order valence-corrected chi connectivity index (χ3v) is 4.80. The van der Waals surface area contributed by atoms with Gasteiger partial charge in [0.05, 0.1) is 22.4 Å². The van der Waals surface area contributed by atoms with Crippen molar-refractivity contribution in [3.63, 3.8) is 0 Å². The van der Waals surface area contributed by atoms with Gasteiger partial charge >= 0.3 is 0 Å². The number of halogens is 2. The second-order valence-electron chi connectivity index (χ2n) is 4.27. The molecule has 0 saturated heterocycles. The van der Waals surface area contributed by atoms with Crippen LogP contribution in [0.2, 0.25) is 0 Å². The normalized spacial score (nSPS) is 12.7.